The van der Waals surface area contributed by atoms with E-state index in [0.29, 0.717) is 6.42 Å². The fourth-order valence-electron chi connectivity index (χ4n) is 4.52. The summed E-state index contributed by atoms with van der Waals surface area (Å²) in [6, 6.07) is 0. The van der Waals surface area contributed by atoms with Crippen LogP contribution in [0.1, 0.15) is 75.7 Å². The molecule has 0 spiro atoms. The molecule has 1 rings (SSSR count). The van der Waals surface area contributed by atoms with Gasteiger partial charge < -0.3 is 20.4 Å². The molecule has 1 unspecified atom stereocenters. The topological polar surface area (TPSA) is 80.9 Å². The van der Waals surface area contributed by atoms with Gasteiger partial charge in [0.05, 0.1) is 11.7 Å². The molecule has 0 aromatic carbocycles. The first-order valence-corrected chi connectivity index (χ1v) is 15.3. The van der Waals surface area contributed by atoms with Gasteiger partial charge in [-0.15, -0.1) is 0 Å². The first-order chi connectivity index (χ1) is 20.4. The zero-order valence-electron chi connectivity index (χ0n) is 28.5. The summed E-state index contributed by atoms with van der Waals surface area (Å²) in [6.45, 7) is 19.4. The van der Waals surface area contributed by atoms with E-state index >= 15 is 0 Å². The summed E-state index contributed by atoms with van der Waals surface area (Å²) in [5.74, 6) is 0. The minimum Gasteiger partial charge on any atom is -0.390 e. The predicted molar refractivity (Wildman–Crippen MR) is 189 cm³/mol. The second-order valence-corrected chi connectivity index (χ2v) is 13.0. The molecule has 1 aliphatic carbocycles. The summed E-state index contributed by atoms with van der Waals surface area (Å²) in [5.41, 5.74) is 6.07. The van der Waals surface area contributed by atoms with Crippen LogP contribution < -0.4 is 0 Å². The van der Waals surface area contributed by atoms with E-state index in [1.54, 1.807) is 26.0 Å². The standard InChI is InChI=1S/C40H56O4/c1-29(18-13-20-31(3)21-15-23-33(5)25-27-37(42)40(9,10)44)16-11-12-17-30(2)19-14-22-32(4)24-26-35-34(6)38(43)36(41)28-39(35,7)8/h11-27,36-38,41-44H,28H2,1-10H3/b12-11+,18-13+,19-14+,21-15+,26-24+,27-25+,29-16+,30-17+,31-20+,32-22+,33-23+/t36-,37?,38+/m0/s1. The van der Waals surface area contributed by atoms with Gasteiger partial charge in [0.1, 0.15) is 12.2 Å². The maximum Gasteiger partial charge on any atom is 0.101 e. The van der Waals surface area contributed by atoms with Crippen molar-refractivity contribution in [1.82, 2.24) is 0 Å². The molecule has 0 amide bonds. The van der Waals surface area contributed by atoms with Gasteiger partial charge in [-0.3, -0.25) is 0 Å². The Morgan fingerprint density at radius 2 is 1.09 bits per heavy atom. The molecule has 0 fully saturated rings. The van der Waals surface area contributed by atoms with Crippen molar-refractivity contribution in [2.24, 2.45) is 5.41 Å². The lowest BCUT2D eigenvalue weighted by atomic mass is 9.70. The number of aliphatic hydroxyl groups excluding tert-OH is 3. The van der Waals surface area contributed by atoms with E-state index < -0.39 is 23.9 Å². The Kier molecular flexibility index (Phi) is 16.3. The average Bonchev–Trinajstić information content (AvgIpc) is 2.91. The highest BCUT2D eigenvalue weighted by Gasteiger charge is 2.36. The highest BCUT2D eigenvalue weighted by atomic mass is 16.3. The van der Waals surface area contributed by atoms with E-state index in [4.69, 9.17) is 0 Å². The Labute approximate surface area is 267 Å². The molecule has 0 saturated heterocycles. The van der Waals surface area contributed by atoms with Crippen LogP contribution in [0, 0.1) is 5.41 Å². The quantitative estimate of drug-likeness (QED) is 0.160. The fraction of sp³-hybridized carbons (Fsp3) is 0.400. The van der Waals surface area contributed by atoms with Crippen molar-refractivity contribution in [2.45, 2.75) is 99.6 Å². The highest BCUT2D eigenvalue weighted by Crippen LogP contribution is 2.41. The zero-order valence-corrected chi connectivity index (χ0v) is 28.5. The Bertz CT molecular complexity index is 1320. The molecule has 3 atom stereocenters. The lowest BCUT2D eigenvalue weighted by Gasteiger charge is -2.38. The van der Waals surface area contributed by atoms with Crippen LogP contribution in [0.15, 0.2) is 142 Å². The minimum absolute atomic E-state index is 0.182. The molecule has 1 aliphatic rings. The first-order valence-electron chi connectivity index (χ1n) is 15.3. The third-order valence-corrected chi connectivity index (χ3v) is 7.44. The van der Waals surface area contributed by atoms with E-state index in [1.165, 1.54) is 0 Å². The molecule has 0 aromatic rings. The molecule has 0 radical (unpaired) electrons. The normalized spacial score (nSPS) is 22.8. The number of allylic oxidation sites excluding steroid dienone is 22. The van der Waals surface area contributed by atoms with Crippen LogP contribution in [0.5, 0.6) is 0 Å². The molecule has 0 bridgehead atoms. The van der Waals surface area contributed by atoms with Gasteiger partial charge in [0.25, 0.3) is 0 Å². The second kappa shape index (κ2) is 18.5. The molecule has 0 heterocycles. The lowest BCUT2D eigenvalue weighted by Crippen LogP contribution is -2.38. The predicted octanol–water partition coefficient (Wildman–Crippen LogP) is 8.66. The molecule has 4 heteroatoms. The summed E-state index contributed by atoms with van der Waals surface area (Å²) < 4.78 is 0. The SMILES string of the molecule is CC1=C(/C=C/C(C)=C/C=C/C(C)=C/C=C/C=C(C)/C=C/C=C(C)/C=C/C=C(C)/C=C/C(O)C(C)(C)O)C(C)(C)C[C@H](O)[C@@H]1O. The fourth-order valence-corrected chi connectivity index (χ4v) is 4.52. The smallest absolute Gasteiger partial charge is 0.101 e. The summed E-state index contributed by atoms with van der Waals surface area (Å²) in [7, 11) is 0. The second-order valence-electron chi connectivity index (χ2n) is 13.0. The van der Waals surface area contributed by atoms with Crippen LogP contribution in [0.25, 0.3) is 0 Å². The lowest BCUT2D eigenvalue weighted by molar-refractivity contribution is -0.0226. The summed E-state index contributed by atoms with van der Waals surface area (Å²) >= 11 is 0. The van der Waals surface area contributed by atoms with Gasteiger partial charge in [-0.25, -0.2) is 0 Å². The molecule has 240 valence electrons. The maximum atomic E-state index is 10.3. The van der Waals surface area contributed by atoms with Crippen LogP contribution >= 0.6 is 0 Å². The summed E-state index contributed by atoms with van der Waals surface area (Å²) in [4.78, 5) is 0. The number of aliphatic hydroxyl groups is 4. The average molecular weight is 601 g/mol. The van der Waals surface area contributed by atoms with Crippen molar-refractivity contribution in [3.8, 4) is 0 Å². The van der Waals surface area contributed by atoms with Gasteiger partial charge in [-0.1, -0.05) is 145 Å². The highest BCUT2D eigenvalue weighted by molar-refractivity contribution is 5.39. The first kappa shape index (κ1) is 38.7. The molecule has 0 saturated carbocycles. The van der Waals surface area contributed by atoms with Gasteiger partial charge in [-0.2, -0.15) is 0 Å². The molecule has 4 N–H and O–H groups in total. The zero-order chi connectivity index (χ0) is 33.5. The molecule has 4 nitrogen and oxygen atoms in total. The van der Waals surface area contributed by atoms with Gasteiger partial charge >= 0.3 is 0 Å². The van der Waals surface area contributed by atoms with Crippen LogP contribution in [-0.4, -0.2) is 44.3 Å². The third-order valence-electron chi connectivity index (χ3n) is 7.44. The van der Waals surface area contributed by atoms with Crippen molar-refractivity contribution in [3.63, 3.8) is 0 Å². The van der Waals surface area contributed by atoms with Crippen molar-refractivity contribution < 1.29 is 20.4 Å². The van der Waals surface area contributed by atoms with Crippen molar-refractivity contribution in [1.29, 1.82) is 0 Å². The number of hydrogen-bond donors (Lipinski definition) is 4. The third kappa shape index (κ3) is 14.9. The Morgan fingerprint density at radius 3 is 1.52 bits per heavy atom. The minimum atomic E-state index is -1.16. The molecule has 44 heavy (non-hydrogen) atoms. The van der Waals surface area contributed by atoms with Gasteiger partial charge in [0, 0.05) is 0 Å². The van der Waals surface area contributed by atoms with Crippen LogP contribution in [0.2, 0.25) is 0 Å². The number of rotatable bonds is 13. The Morgan fingerprint density at radius 1 is 0.705 bits per heavy atom. The summed E-state index contributed by atoms with van der Waals surface area (Å²) in [5, 5.41) is 40.1. The van der Waals surface area contributed by atoms with Crippen molar-refractivity contribution in [2.75, 3.05) is 0 Å². The maximum absolute atomic E-state index is 10.3. The molecular formula is C40H56O4. The van der Waals surface area contributed by atoms with Gasteiger partial charge in [0.15, 0.2) is 0 Å². The Hall–Kier alpha value is -3.28. The van der Waals surface area contributed by atoms with Crippen molar-refractivity contribution >= 4 is 0 Å². The largest absolute Gasteiger partial charge is 0.390 e. The van der Waals surface area contributed by atoms with E-state index in [2.05, 4.69) is 83.2 Å². The molecular weight excluding hydrogens is 544 g/mol. The van der Waals surface area contributed by atoms with E-state index in [-0.39, 0.29) is 5.41 Å². The Balaban J connectivity index is 2.66. The van der Waals surface area contributed by atoms with Crippen LogP contribution in [-0.2, 0) is 0 Å². The van der Waals surface area contributed by atoms with Crippen LogP contribution in [0.4, 0.5) is 0 Å². The van der Waals surface area contributed by atoms with Crippen LogP contribution in [0.3, 0.4) is 0 Å². The van der Waals surface area contributed by atoms with Gasteiger partial charge in [0.2, 0.25) is 0 Å². The van der Waals surface area contributed by atoms with E-state index in [1.807, 2.05) is 63.3 Å². The number of hydrogen-bond acceptors (Lipinski definition) is 4. The summed E-state index contributed by atoms with van der Waals surface area (Å²) in [6.07, 6.45) is 32.1. The molecule has 0 aromatic heterocycles. The van der Waals surface area contributed by atoms with Crippen molar-refractivity contribution in [3.05, 3.63) is 142 Å². The monoisotopic (exact) mass is 600 g/mol. The van der Waals surface area contributed by atoms with E-state index in [0.717, 1.165) is 39.0 Å². The van der Waals surface area contributed by atoms with Gasteiger partial charge in [-0.05, 0) is 78.4 Å². The van der Waals surface area contributed by atoms with E-state index in [9.17, 15) is 20.4 Å². The molecule has 0 aliphatic heterocycles.